The van der Waals surface area contributed by atoms with Gasteiger partial charge in [-0.25, -0.2) is 0 Å². The second-order valence-electron chi connectivity index (χ2n) is 7.89. The Kier molecular flexibility index (Phi) is 20.5. The molecule has 0 fully saturated rings. The highest BCUT2D eigenvalue weighted by atomic mass is 16.5. The summed E-state index contributed by atoms with van der Waals surface area (Å²) in [5, 5.41) is 8.61. The summed E-state index contributed by atoms with van der Waals surface area (Å²) in [5.74, 6) is -0.958. The normalized spacial score (nSPS) is 12.9. The quantitative estimate of drug-likeness (QED) is 0.125. The van der Waals surface area contributed by atoms with Crippen LogP contribution < -0.4 is 0 Å². The Labute approximate surface area is 184 Å². The van der Waals surface area contributed by atoms with E-state index < -0.39 is 5.97 Å². The van der Waals surface area contributed by atoms with Crippen molar-refractivity contribution in [3.63, 3.8) is 0 Å². The highest BCUT2D eigenvalue weighted by Crippen LogP contribution is 2.12. The molecule has 0 aliphatic rings. The standard InChI is InChI=1S/C26H44O4/c1-3-4-5-6-7-8-9-10-11-12-13-14-15-16-17-18-19-23-26(29)30-24(2)21-20-22-25(27)28/h4-5,7-8,10-11,24H,3,6,9,12-23H2,1-2H3,(H,27,28)/b5-4-,8-7-,11-10-. The third-order valence-electron chi connectivity index (χ3n) is 4.87. The molecule has 0 heterocycles. The number of aliphatic carboxylic acids is 1. The summed E-state index contributed by atoms with van der Waals surface area (Å²) in [4.78, 5) is 22.2. The van der Waals surface area contributed by atoms with Crippen molar-refractivity contribution in [2.24, 2.45) is 0 Å². The SMILES string of the molecule is CC/C=C\C/C=C\C/C=C\CCCCCCCCCC(=O)OC(C)CCCC(=O)O. The zero-order valence-electron chi connectivity index (χ0n) is 19.3. The summed E-state index contributed by atoms with van der Waals surface area (Å²) < 4.78 is 5.32. The molecule has 0 saturated carbocycles. The van der Waals surface area contributed by atoms with Gasteiger partial charge in [-0.2, -0.15) is 0 Å². The molecule has 1 atom stereocenters. The fourth-order valence-electron chi connectivity index (χ4n) is 3.12. The lowest BCUT2D eigenvalue weighted by atomic mass is 10.1. The molecule has 0 aromatic rings. The monoisotopic (exact) mass is 420 g/mol. The molecule has 4 heteroatoms. The molecule has 172 valence electrons. The van der Waals surface area contributed by atoms with Crippen LogP contribution >= 0.6 is 0 Å². The number of carbonyl (C=O) groups excluding carboxylic acids is 1. The number of hydrogen-bond donors (Lipinski definition) is 1. The Bertz CT molecular complexity index is 505. The van der Waals surface area contributed by atoms with Crippen molar-refractivity contribution >= 4 is 11.9 Å². The number of rotatable bonds is 20. The van der Waals surface area contributed by atoms with Gasteiger partial charge in [-0.1, -0.05) is 75.5 Å². The molecule has 1 N–H and O–H groups in total. The highest BCUT2D eigenvalue weighted by molar-refractivity contribution is 5.69. The second kappa shape index (κ2) is 21.9. The van der Waals surface area contributed by atoms with Gasteiger partial charge in [-0.3, -0.25) is 9.59 Å². The summed E-state index contributed by atoms with van der Waals surface area (Å²) in [5.41, 5.74) is 0. The first-order chi connectivity index (χ1) is 14.6. The van der Waals surface area contributed by atoms with Crippen molar-refractivity contribution in [1.82, 2.24) is 0 Å². The number of allylic oxidation sites excluding steroid dienone is 6. The molecule has 0 aliphatic carbocycles. The van der Waals surface area contributed by atoms with Gasteiger partial charge in [-0.15, -0.1) is 0 Å². The summed E-state index contributed by atoms with van der Waals surface area (Å²) in [6, 6.07) is 0. The van der Waals surface area contributed by atoms with E-state index in [0.717, 1.165) is 32.1 Å². The third kappa shape index (κ3) is 22.4. The van der Waals surface area contributed by atoms with Crippen molar-refractivity contribution in [1.29, 1.82) is 0 Å². The van der Waals surface area contributed by atoms with Gasteiger partial charge in [0.1, 0.15) is 0 Å². The van der Waals surface area contributed by atoms with E-state index in [1.54, 1.807) is 0 Å². The fourth-order valence-corrected chi connectivity index (χ4v) is 3.12. The van der Waals surface area contributed by atoms with Crippen LogP contribution in [-0.2, 0) is 14.3 Å². The molecule has 0 saturated heterocycles. The smallest absolute Gasteiger partial charge is 0.306 e. The topological polar surface area (TPSA) is 63.6 Å². The van der Waals surface area contributed by atoms with Crippen molar-refractivity contribution in [3.05, 3.63) is 36.5 Å². The lowest BCUT2D eigenvalue weighted by molar-refractivity contribution is -0.148. The lowest BCUT2D eigenvalue weighted by Crippen LogP contribution is -2.15. The Morgan fingerprint density at radius 2 is 1.33 bits per heavy atom. The molecule has 0 spiro atoms. The van der Waals surface area contributed by atoms with Crippen LogP contribution in [0.1, 0.15) is 110 Å². The molecule has 0 radical (unpaired) electrons. The predicted octanol–water partition coefficient (Wildman–Crippen LogP) is 7.54. The largest absolute Gasteiger partial charge is 0.481 e. The first-order valence-corrected chi connectivity index (χ1v) is 11.9. The first kappa shape index (κ1) is 28.2. The van der Waals surface area contributed by atoms with Crippen LogP contribution in [0.15, 0.2) is 36.5 Å². The molecule has 0 aromatic carbocycles. The molecule has 0 amide bonds. The molecule has 0 bridgehead atoms. The van der Waals surface area contributed by atoms with E-state index in [0.29, 0.717) is 19.3 Å². The van der Waals surface area contributed by atoms with Gasteiger partial charge in [0.2, 0.25) is 0 Å². The van der Waals surface area contributed by atoms with Crippen LogP contribution in [0.3, 0.4) is 0 Å². The molecule has 0 aromatic heterocycles. The Morgan fingerprint density at radius 1 is 0.767 bits per heavy atom. The minimum absolute atomic E-state index is 0.132. The Hall–Kier alpha value is -1.84. The van der Waals surface area contributed by atoms with Gasteiger partial charge in [0, 0.05) is 12.8 Å². The molecule has 0 rings (SSSR count). The maximum atomic E-state index is 11.8. The minimum Gasteiger partial charge on any atom is -0.481 e. The van der Waals surface area contributed by atoms with E-state index in [4.69, 9.17) is 9.84 Å². The number of unbranched alkanes of at least 4 members (excludes halogenated alkanes) is 7. The van der Waals surface area contributed by atoms with Crippen molar-refractivity contribution < 1.29 is 19.4 Å². The van der Waals surface area contributed by atoms with Crippen molar-refractivity contribution in [2.45, 2.75) is 116 Å². The molecule has 30 heavy (non-hydrogen) atoms. The maximum absolute atomic E-state index is 11.8. The molecule has 1 unspecified atom stereocenters. The van der Waals surface area contributed by atoms with Crippen LogP contribution in [0.25, 0.3) is 0 Å². The predicted molar refractivity (Wildman–Crippen MR) is 126 cm³/mol. The molecular weight excluding hydrogens is 376 g/mol. The summed E-state index contributed by atoms with van der Waals surface area (Å²) >= 11 is 0. The number of hydrogen-bond acceptors (Lipinski definition) is 3. The zero-order valence-corrected chi connectivity index (χ0v) is 19.3. The number of carboxylic acid groups (broad SMARTS) is 1. The molecular formula is C26H44O4. The van der Waals surface area contributed by atoms with E-state index in [-0.39, 0.29) is 18.5 Å². The van der Waals surface area contributed by atoms with Crippen LogP contribution in [0.5, 0.6) is 0 Å². The van der Waals surface area contributed by atoms with E-state index in [1.807, 2.05) is 6.92 Å². The van der Waals surface area contributed by atoms with Gasteiger partial charge in [0.25, 0.3) is 0 Å². The molecule has 4 nitrogen and oxygen atoms in total. The van der Waals surface area contributed by atoms with Gasteiger partial charge < -0.3 is 9.84 Å². The van der Waals surface area contributed by atoms with Gasteiger partial charge in [-0.05, 0) is 58.3 Å². The van der Waals surface area contributed by atoms with Crippen LogP contribution in [0, 0.1) is 0 Å². The van der Waals surface area contributed by atoms with E-state index in [1.165, 1.54) is 38.5 Å². The summed E-state index contributed by atoms with van der Waals surface area (Å²) in [6.07, 6.45) is 27.5. The number of carbonyl (C=O) groups is 2. The van der Waals surface area contributed by atoms with Crippen molar-refractivity contribution in [2.75, 3.05) is 0 Å². The lowest BCUT2D eigenvalue weighted by Gasteiger charge is -2.12. The summed E-state index contributed by atoms with van der Waals surface area (Å²) in [7, 11) is 0. The minimum atomic E-state index is -0.802. The molecule has 0 aliphatic heterocycles. The number of esters is 1. The van der Waals surface area contributed by atoms with Crippen LogP contribution in [0.2, 0.25) is 0 Å². The number of ether oxygens (including phenoxy) is 1. The average molecular weight is 421 g/mol. The van der Waals surface area contributed by atoms with Gasteiger partial charge in [0.05, 0.1) is 6.10 Å². The van der Waals surface area contributed by atoms with Gasteiger partial charge >= 0.3 is 11.9 Å². The number of carboxylic acids is 1. The highest BCUT2D eigenvalue weighted by Gasteiger charge is 2.09. The first-order valence-electron chi connectivity index (χ1n) is 11.9. The van der Waals surface area contributed by atoms with Gasteiger partial charge in [0.15, 0.2) is 0 Å². The fraction of sp³-hybridized carbons (Fsp3) is 0.692. The maximum Gasteiger partial charge on any atom is 0.306 e. The van der Waals surface area contributed by atoms with Crippen molar-refractivity contribution in [3.8, 4) is 0 Å². The third-order valence-corrected chi connectivity index (χ3v) is 4.87. The average Bonchev–Trinajstić information content (AvgIpc) is 2.70. The van der Waals surface area contributed by atoms with E-state index in [2.05, 4.69) is 43.4 Å². The Balaban J connectivity index is 3.39. The zero-order chi connectivity index (χ0) is 22.3. The van der Waals surface area contributed by atoms with Crippen LogP contribution in [-0.4, -0.2) is 23.1 Å². The second-order valence-corrected chi connectivity index (χ2v) is 7.89. The van der Waals surface area contributed by atoms with E-state index in [9.17, 15) is 9.59 Å². The van der Waals surface area contributed by atoms with Crippen LogP contribution in [0.4, 0.5) is 0 Å². The van der Waals surface area contributed by atoms with E-state index >= 15 is 0 Å². The Morgan fingerprint density at radius 3 is 1.97 bits per heavy atom. The summed E-state index contributed by atoms with van der Waals surface area (Å²) in [6.45, 7) is 3.98.